The summed E-state index contributed by atoms with van der Waals surface area (Å²) in [5, 5.41) is 11.1. The van der Waals surface area contributed by atoms with Gasteiger partial charge in [-0.05, 0) is 19.3 Å². The molecule has 1 aromatic rings. The quantitative estimate of drug-likeness (QED) is 0.661. The molecule has 28 heavy (non-hydrogen) atoms. The SMILES string of the molecule is O=C(O)CC(NC(=O)C1CCCC2C(=O)c3nccnc3C(=O)N12)C(=O)CF. The Morgan fingerprint density at radius 1 is 1.21 bits per heavy atom. The summed E-state index contributed by atoms with van der Waals surface area (Å²) in [5.41, 5.74) is -0.212. The smallest absolute Gasteiger partial charge is 0.305 e. The van der Waals surface area contributed by atoms with Gasteiger partial charge in [-0.1, -0.05) is 0 Å². The maximum absolute atomic E-state index is 12.8. The van der Waals surface area contributed by atoms with Crippen LogP contribution < -0.4 is 5.32 Å². The van der Waals surface area contributed by atoms with E-state index in [1.165, 1.54) is 12.4 Å². The first kappa shape index (κ1) is 19.5. The fourth-order valence-electron chi connectivity index (χ4n) is 3.53. The minimum atomic E-state index is -1.56. The Morgan fingerprint density at radius 3 is 2.54 bits per heavy atom. The van der Waals surface area contributed by atoms with Crippen molar-refractivity contribution in [2.45, 2.75) is 43.8 Å². The molecule has 0 spiro atoms. The zero-order valence-electron chi connectivity index (χ0n) is 14.6. The first-order valence-corrected chi connectivity index (χ1v) is 8.63. The van der Waals surface area contributed by atoms with Crippen LogP contribution in [0.25, 0.3) is 0 Å². The Kier molecular flexibility index (Phi) is 5.43. The van der Waals surface area contributed by atoms with E-state index < -0.39 is 60.6 Å². The van der Waals surface area contributed by atoms with Gasteiger partial charge >= 0.3 is 5.97 Å². The Morgan fingerprint density at radius 2 is 1.89 bits per heavy atom. The fraction of sp³-hybridized carbons (Fsp3) is 0.471. The maximum Gasteiger partial charge on any atom is 0.305 e. The van der Waals surface area contributed by atoms with Gasteiger partial charge in [-0.25, -0.2) is 14.4 Å². The lowest BCUT2D eigenvalue weighted by molar-refractivity contribution is -0.140. The third-order valence-electron chi connectivity index (χ3n) is 4.82. The summed E-state index contributed by atoms with van der Waals surface area (Å²) in [4.78, 5) is 69.7. The number of carboxylic acids is 1. The number of rotatable bonds is 6. The molecular formula is C17H17FN4O6. The third-order valence-corrected chi connectivity index (χ3v) is 4.82. The minimum absolute atomic E-state index is 0.0498. The lowest BCUT2D eigenvalue weighted by Gasteiger charge is -2.42. The summed E-state index contributed by atoms with van der Waals surface area (Å²) in [6.07, 6.45) is 2.77. The van der Waals surface area contributed by atoms with Crippen LogP contribution in [-0.2, 0) is 14.4 Å². The molecule has 2 aliphatic heterocycles. The van der Waals surface area contributed by atoms with Crippen LogP contribution in [0.1, 0.15) is 46.7 Å². The van der Waals surface area contributed by atoms with E-state index in [-0.39, 0.29) is 17.8 Å². The standard InChI is InChI=1S/C17H17FN4O6/c18-7-11(23)8(6-12(24)25)21-16(27)10-3-1-2-9-15(26)13-14(17(28)22(9)10)20-5-4-19-13/h4-5,8-10H,1-3,6-7H2,(H,21,27)(H,24,25). The summed E-state index contributed by atoms with van der Waals surface area (Å²) in [6.45, 7) is -1.43. The predicted octanol–water partition coefficient (Wildman–Crippen LogP) is -0.466. The highest BCUT2D eigenvalue weighted by molar-refractivity contribution is 6.14. The fourth-order valence-corrected chi connectivity index (χ4v) is 3.53. The molecule has 2 N–H and O–H groups in total. The summed E-state index contributed by atoms with van der Waals surface area (Å²) < 4.78 is 12.7. The predicted molar refractivity (Wildman–Crippen MR) is 89.1 cm³/mol. The number of halogens is 1. The van der Waals surface area contributed by atoms with Gasteiger partial charge in [-0.2, -0.15) is 0 Å². The van der Waals surface area contributed by atoms with Crippen LogP contribution in [-0.4, -0.2) is 74.1 Å². The van der Waals surface area contributed by atoms with E-state index in [0.29, 0.717) is 12.8 Å². The van der Waals surface area contributed by atoms with Crippen molar-refractivity contribution in [1.29, 1.82) is 0 Å². The number of Topliss-reactive ketones (excluding diaryl/α,β-unsaturated/α-hetero) is 2. The molecular weight excluding hydrogens is 375 g/mol. The highest BCUT2D eigenvalue weighted by Crippen LogP contribution is 2.31. The first-order chi connectivity index (χ1) is 13.3. The minimum Gasteiger partial charge on any atom is -0.481 e. The lowest BCUT2D eigenvalue weighted by Crippen LogP contribution is -2.62. The number of aliphatic carboxylic acids is 1. The van der Waals surface area contributed by atoms with Crippen molar-refractivity contribution >= 4 is 29.4 Å². The number of fused-ring (bicyclic) bond motifs is 2. The van der Waals surface area contributed by atoms with Crippen molar-refractivity contribution in [2.24, 2.45) is 0 Å². The van der Waals surface area contributed by atoms with E-state index in [4.69, 9.17) is 5.11 Å². The summed E-state index contributed by atoms with van der Waals surface area (Å²) in [5.74, 6) is -4.35. The zero-order valence-corrected chi connectivity index (χ0v) is 14.6. The number of alkyl halides is 1. The lowest BCUT2D eigenvalue weighted by atomic mass is 9.87. The molecule has 1 saturated heterocycles. The number of carboxylic acid groups (broad SMARTS) is 1. The molecule has 3 atom stereocenters. The molecule has 0 aromatic carbocycles. The van der Waals surface area contributed by atoms with E-state index in [0.717, 1.165) is 4.90 Å². The van der Waals surface area contributed by atoms with Gasteiger partial charge in [0.1, 0.15) is 24.5 Å². The van der Waals surface area contributed by atoms with Crippen LogP contribution in [0.5, 0.6) is 0 Å². The molecule has 1 aromatic heterocycles. The Hall–Kier alpha value is -3.24. The Balaban J connectivity index is 1.87. The van der Waals surface area contributed by atoms with Crippen LogP contribution in [0.3, 0.4) is 0 Å². The van der Waals surface area contributed by atoms with Gasteiger partial charge < -0.3 is 15.3 Å². The molecule has 11 heteroatoms. The molecule has 2 amide bonds. The second kappa shape index (κ2) is 7.79. The summed E-state index contributed by atoms with van der Waals surface area (Å²) in [6, 6.07) is -3.55. The average molecular weight is 392 g/mol. The highest BCUT2D eigenvalue weighted by Gasteiger charge is 2.48. The van der Waals surface area contributed by atoms with Gasteiger partial charge in [0.15, 0.2) is 11.5 Å². The molecule has 3 heterocycles. The third kappa shape index (κ3) is 3.47. The molecule has 1 fully saturated rings. The first-order valence-electron chi connectivity index (χ1n) is 8.63. The number of carbonyl (C=O) groups is 5. The monoisotopic (exact) mass is 392 g/mol. The number of piperidine rings is 1. The molecule has 10 nitrogen and oxygen atoms in total. The van der Waals surface area contributed by atoms with Gasteiger partial charge in [0.25, 0.3) is 5.91 Å². The molecule has 0 aliphatic carbocycles. The van der Waals surface area contributed by atoms with Crippen molar-refractivity contribution in [3.8, 4) is 0 Å². The molecule has 148 valence electrons. The normalized spacial score (nSPS) is 22.1. The van der Waals surface area contributed by atoms with Crippen LogP contribution in [0.15, 0.2) is 12.4 Å². The summed E-state index contributed by atoms with van der Waals surface area (Å²) >= 11 is 0. The second-order valence-electron chi connectivity index (χ2n) is 6.55. The van der Waals surface area contributed by atoms with E-state index >= 15 is 0 Å². The number of nitrogens with zero attached hydrogens (tertiary/aromatic N) is 3. The number of hydrogen-bond donors (Lipinski definition) is 2. The van der Waals surface area contributed by atoms with Crippen molar-refractivity contribution in [3.05, 3.63) is 23.8 Å². The van der Waals surface area contributed by atoms with E-state index in [1.807, 2.05) is 0 Å². The van der Waals surface area contributed by atoms with E-state index in [2.05, 4.69) is 15.3 Å². The topological polar surface area (TPSA) is 147 Å². The van der Waals surface area contributed by atoms with E-state index in [1.54, 1.807) is 0 Å². The number of aromatic nitrogens is 2. The van der Waals surface area contributed by atoms with Crippen LogP contribution in [0, 0.1) is 0 Å². The van der Waals surface area contributed by atoms with Crippen molar-refractivity contribution < 1.29 is 33.5 Å². The van der Waals surface area contributed by atoms with Gasteiger partial charge in [-0.3, -0.25) is 24.0 Å². The Bertz CT molecular complexity index is 860. The molecule has 2 aliphatic rings. The van der Waals surface area contributed by atoms with Gasteiger partial charge in [0, 0.05) is 12.4 Å². The van der Waals surface area contributed by atoms with Crippen molar-refractivity contribution in [1.82, 2.24) is 20.2 Å². The molecule has 0 saturated carbocycles. The van der Waals surface area contributed by atoms with Crippen LogP contribution >= 0.6 is 0 Å². The number of nitrogens with one attached hydrogen (secondary N) is 1. The van der Waals surface area contributed by atoms with Crippen molar-refractivity contribution in [3.63, 3.8) is 0 Å². The number of amides is 2. The molecule has 3 unspecified atom stereocenters. The van der Waals surface area contributed by atoms with Gasteiger partial charge in [0.05, 0.1) is 12.5 Å². The van der Waals surface area contributed by atoms with Crippen molar-refractivity contribution in [2.75, 3.05) is 6.67 Å². The zero-order chi connectivity index (χ0) is 20.4. The van der Waals surface area contributed by atoms with E-state index in [9.17, 15) is 28.4 Å². The number of carbonyl (C=O) groups excluding carboxylic acids is 4. The van der Waals surface area contributed by atoms with Crippen LogP contribution in [0.2, 0.25) is 0 Å². The number of ketones is 2. The van der Waals surface area contributed by atoms with Crippen LogP contribution in [0.4, 0.5) is 4.39 Å². The average Bonchev–Trinajstić information content (AvgIpc) is 2.70. The van der Waals surface area contributed by atoms with Gasteiger partial charge in [0.2, 0.25) is 11.7 Å². The molecule has 3 rings (SSSR count). The number of hydrogen-bond acceptors (Lipinski definition) is 7. The molecule has 0 bridgehead atoms. The summed E-state index contributed by atoms with van der Waals surface area (Å²) in [7, 11) is 0. The Labute approximate surface area is 158 Å². The molecule has 0 radical (unpaired) electrons. The maximum atomic E-state index is 12.8. The van der Waals surface area contributed by atoms with Gasteiger partial charge in [-0.15, -0.1) is 0 Å². The second-order valence-corrected chi connectivity index (χ2v) is 6.55. The largest absolute Gasteiger partial charge is 0.481 e. The highest BCUT2D eigenvalue weighted by atomic mass is 19.1.